The lowest BCUT2D eigenvalue weighted by molar-refractivity contribution is 0.670. The minimum atomic E-state index is 0.505. The number of fused-ring (bicyclic) bond motifs is 3. The molecular formula is C33H20ClN3O. The van der Waals surface area contributed by atoms with Crippen molar-refractivity contribution >= 4 is 33.5 Å². The first-order valence-electron chi connectivity index (χ1n) is 12.3. The normalized spacial score (nSPS) is 11.3. The molecule has 2 aromatic heterocycles. The molecule has 0 aliphatic carbocycles. The van der Waals surface area contributed by atoms with E-state index in [0.717, 1.165) is 44.2 Å². The van der Waals surface area contributed by atoms with Crippen molar-refractivity contribution in [2.75, 3.05) is 0 Å². The largest absolute Gasteiger partial charge is 0.455 e. The molecule has 0 bridgehead atoms. The number of furan rings is 1. The van der Waals surface area contributed by atoms with Crippen LogP contribution in [0.15, 0.2) is 126 Å². The third-order valence-electron chi connectivity index (χ3n) is 6.59. The Morgan fingerprint density at radius 1 is 0.447 bits per heavy atom. The SMILES string of the molecule is Clc1cc(-c2nc(-c3ccccc3)nc(-c3ccccc3)n2)c2oc3c(-c4ccccc4)cccc3c2c1. The van der Waals surface area contributed by atoms with Gasteiger partial charge in [0.25, 0.3) is 0 Å². The van der Waals surface area contributed by atoms with Crippen LogP contribution in [-0.4, -0.2) is 15.0 Å². The summed E-state index contributed by atoms with van der Waals surface area (Å²) < 4.78 is 6.61. The molecular weight excluding hydrogens is 490 g/mol. The molecule has 0 spiro atoms. The predicted octanol–water partition coefficient (Wildman–Crippen LogP) is 9.09. The second-order valence-corrected chi connectivity index (χ2v) is 9.46. The summed E-state index contributed by atoms with van der Waals surface area (Å²) in [4.78, 5) is 14.6. The van der Waals surface area contributed by atoms with Gasteiger partial charge in [-0.2, -0.15) is 0 Å². The molecule has 0 saturated carbocycles. The van der Waals surface area contributed by atoms with Gasteiger partial charge in [0, 0.05) is 32.5 Å². The quantitative estimate of drug-likeness (QED) is 0.237. The van der Waals surface area contributed by atoms with Crippen LogP contribution in [0.5, 0.6) is 0 Å². The predicted molar refractivity (Wildman–Crippen MR) is 154 cm³/mol. The van der Waals surface area contributed by atoms with Gasteiger partial charge in [0.2, 0.25) is 0 Å². The number of para-hydroxylation sites is 1. The van der Waals surface area contributed by atoms with E-state index in [1.807, 2.05) is 97.1 Å². The van der Waals surface area contributed by atoms with Gasteiger partial charge in [-0.05, 0) is 17.7 Å². The van der Waals surface area contributed by atoms with Crippen LogP contribution < -0.4 is 0 Å². The summed E-state index contributed by atoms with van der Waals surface area (Å²) in [6, 6.07) is 40.1. The fraction of sp³-hybridized carbons (Fsp3) is 0. The fourth-order valence-corrected chi connectivity index (χ4v) is 5.02. The van der Waals surface area contributed by atoms with Gasteiger partial charge in [0.05, 0.1) is 5.56 Å². The van der Waals surface area contributed by atoms with E-state index in [1.54, 1.807) is 0 Å². The van der Waals surface area contributed by atoms with E-state index in [0.29, 0.717) is 28.1 Å². The lowest BCUT2D eigenvalue weighted by Gasteiger charge is -2.09. The monoisotopic (exact) mass is 509 g/mol. The van der Waals surface area contributed by atoms with Gasteiger partial charge < -0.3 is 4.42 Å². The Kier molecular flexibility index (Phi) is 5.46. The van der Waals surface area contributed by atoms with E-state index in [4.69, 9.17) is 31.0 Å². The summed E-state index contributed by atoms with van der Waals surface area (Å²) in [5.41, 5.74) is 6.13. The van der Waals surface area contributed by atoms with Crippen molar-refractivity contribution in [3.8, 4) is 45.3 Å². The molecule has 0 radical (unpaired) electrons. The molecule has 7 rings (SSSR count). The molecule has 180 valence electrons. The molecule has 0 aliphatic rings. The van der Waals surface area contributed by atoms with E-state index in [1.165, 1.54) is 0 Å². The third-order valence-corrected chi connectivity index (χ3v) is 6.81. The highest BCUT2D eigenvalue weighted by molar-refractivity contribution is 6.32. The molecule has 0 N–H and O–H groups in total. The summed E-state index contributed by atoms with van der Waals surface area (Å²) in [5, 5.41) is 2.50. The lowest BCUT2D eigenvalue weighted by Crippen LogP contribution is -2.00. The molecule has 7 aromatic rings. The molecule has 2 heterocycles. The number of rotatable bonds is 4. The second kappa shape index (κ2) is 9.25. The van der Waals surface area contributed by atoms with Gasteiger partial charge in [-0.1, -0.05) is 121 Å². The van der Waals surface area contributed by atoms with Gasteiger partial charge >= 0.3 is 0 Å². The van der Waals surface area contributed by atoms with Gasteiger partial charge in [-0.25, -0.2) is 15.0 Å². The molecule has 0 fully saturated rings. The molecule has 0 amide bonds. The Balaban J connectivity index is 1.51. The number of benzene rings is 5. The number of hydrogen-bond acceptors (Lipinski definition) is 4. The second-order valence-electron chi connectivity index (χ2n) is 9.02. The number of hydrogen-bond donors (Lipinski definition) is 0. The summed E-state index contributed by atoms with van der Waals surface area (Å²) in [5.74, 6) is 1.68. The molecule has 5 aromatic carbocycles. The molecule has 0 unspecified atom stereocenters. The third kappa shape index (κ3) is 3.92. The van der Waals surface area contributed by atoms with E-state index in [9.17, 15) is 0 Å². The maximum Gasteiger partial charge on any atom is 0.167 e. The number of nitrogens with zero attached hydrogens (tertiary/aromatic N) is 3. The summed E-state index contributed by atoms with van der Waals surface area (Å²) in [6.07, 6.45) is 0. The Labute approximate surface area is 224 Å². The van der Waals surface area contributed by atoms with Gasteiger partial charge in [0.1, 0.15) is 11.2 Å². The van der Waals surface area contributed by atoms with Crippen molar-refractivity contribution in [1.82, 2.24) is 15.0 Å². The van der Waals surface area contributed by atoms with Gasteiger partial charge in [-0.3, -0.25) is 0 Å². The molecule has 0 aliphatic heterocycles. The van der Waals surface area contributed by atoms with Crippen LogP contribution in [0.25, 0.3) is 67.2 Å². The zero-order valence-electron chi connectivity index (χ0n) is 20.2. The number of halogens is 1. The van der Waals surface area contributed by atoms with E-state index < -0.39 is 0 Å². The molecule has 38 heavy (non-hydrogen) atoms. The van der Waals surface area contributed by atoms with Crippen LogP contribution >= 0.6 is 11.6 Å². The minimum absolute atomic E-state index is 0.505. The van der Waals surface area contributed by atoms with Crippen molar-refractivity contribution < 1.29 is 4.42 Å². The Morgan fingerprint density at radius 2 is 0.974 bits per heavy atom. The van der Waals surface area contributed by atoms with Crippen molar-refractivity contribution in [3.05, 3.63) is 126 Å². The first-order chi connectivity index (χ1) is 18.7. The van der Waals surface area contributed by atoms with Crippen LogP contribution in [0, 0.1) is 0 Å². The standard InChI is InChI=1S/C33H20ClN3O/c34-24-19-27-26-18-10-17-25(21-11-4-1-5-12-21)29(26)38-30(27)28(20-24)33-36-31(22-13-6-2-7-14-22)35-32(37-33)23-15-8-3-9-16-23/h1-20H. The summed E-state index contributed by atoms with van der Waals surface area (Å²) in [7, 11) is 0. The van der Waals surface area contributed by atoms with Crippen LogP contribution in [0.3, 0.4) is 0 Å². The Morgan fingerprint density at radius 3 is 1.58 bits per heavy atom. The first kappa shape index (κ1) is 22.4. The van der Waals surface area contributed by atoms with Crippen molar-refractivity contribution in [1.29, 1.82) is 0 Å². The average Bonchev–Trinajstić information content (AvgIpc) is 3.36. The van der Waals surface area contributed by atoms with Crippen LogP contribution in [0.1, 0.15) is 0 Å². The maximum absolute atomic E-state index is 6.69. The van der Waals surface area contributed by atoms with Gasteiger partial charge in [0.15, 0.2) is 17.5 Å². The van der Waals surface area contributed by atoms with Crippen molar-refractivity contribution in [3.63, 3.8) is 0 Å². The van der Waals surface area contributed by atoms with Crippen LogP contribution in [0.4, 0.5) is 0 Å². The van der Waals surface area contributed by atoms with Crippen LogP contribution in [0.2, 0.25) is 5.02 Å². The van der Waals surface area contributed by atoms with Crippen molar-refractivity contribution in [2.45, 2.75) is 0 Å². The molecule has 5 heteroatoms. The molecule has 0 atom stereocenters. The van der Waals surface area contributed by atoms with E-state index in [-0.39, 0.29) is 0 Å². The molecule has 4 nitrogen and oxygen atoms in total. The number of aromatic nitrogens is 3. The summed E-state index contributed by atoms with van der Waals surface area (Å²) in [6.45, 7) is 0. The average molecular weight is 510 g/mol. The van der Waals surface area contributed by atoms with Gasteiger partial charge in [-0.15, -0.1) is 0 Å². The summed E-state index contributed by atoms with van der Waals surface area (Å²) >= 11 is 6.69. The Bertz CT molecular complexity index is 1860. The molecule has 0 saturated heterocycles. The van der Waals surface area contributed by atoms with Crippen molar-refractivity contribution in [2.24, 2.45) is 0 Å². The topological polar surface area (TPSA) is 51.8 Å². The zero-order chi connectivity index (χ0) is 25.5. The van der Waals surface area contributed by atoms with E-state index in [2.05, 4.69) is 24.3 Å². The zero-order valence-corrected chi connectivity index (χ0v) is 20.9. The van der Waals surface area contributed by atoms with Crippen LogP contribution in [-0.2, 0) is 0 Å². The minimum Gasteiger partial charge on any atom is -0.455 e. The highest BCUT2D eigenvalue weighted by Crippen LogP contribution is 2.41. The fourth-order valence-electron chi connectivity index (χ4n) is 4.80. The maximum atomic E-state index is 6.69. The first-order valence-corrected chi connectivity index (χ1v) is 12.7. The highest BCUT2D eigenvalue weighted by atomic mass is 35.5. The smallest absolute Gasteiger partial charge is 0.167 e. The Hall–Kier alpha value is -4.80. The van der Waals surface area contributed by atoms with E-state index >= 15 is 0 Å². The highest BCUT2D eigenvalue weighted by Gasteiger charge is 2.20. The lowest BCUT2D eigenvalue weighted by atomic mass is 10.0.